The largest absolute Gasteiger partial charge is 0.340 e. The van der Waals surface area contributed by atoms with E-state index in [0.29, 0.717) is 0 Å². The SMILES string of the molecule is CC1(C)O[C@H](C(=O)N2CCCC2)[C@@H](C(=O)N2CCCC2)O1. The van der Waals surface area contributed by atoms with E-state index in [1.54, 1.807) is 23.6 Å². The molecule has 2 amide bonds. The monoisotopic (exact) mass is 296 g/mol. The highest BCUT2D eigenvalue weighted by Crippen LogP contribution is 2.31. The fraction of sp³-hybridized carbons (Fsp3) is 0.867. The molecule has 0 spiro atoms. The molecule has 6 nitrogen and oxygen atoms in total. The summed E-state index contributed by atoms with van der Waals surface area (Å²) in [5.41, 5.74) is 0. The van der Waals surface area contributed by atoms with Crippen LogP contribution < -0.4 is 0 Å². The minimum absolute atomic E-state index is 0.101. The van der Waals surface area contributed by atoms with Crippen LogP contribution in [-0.2, 0) is 19.1 Å². The Hall–Kier alpha value is -1.14. The van der Waals surface area contributed by atoms with E-state index in [2.05, 4.69) is 0 Å². The minimum Gasteiger partial charge on any atom is -0.340 e. The summed E-state index contributed by atoms with van der Waals surface area (Å²) in [6.45, 7) is 6.53. The van der Waals surface area contributed by atoms with E-state index in [1.807, 2.05) is 0 Å². The van der Waals surface area contributed by atoms with E-state index in [4.69, 9.17) is 9.47 Å². The predicted molar refractivity (Wildman–Crippen MR) is 75.5 cm³/mol. The number of likely N-dealkylation sites (tertiary alicyclic amines) is 2. The number of rotatable bonds is 2. The molecule has 3 rings (SSSR count). The molecule has 6 heteroatoms. The van der Waals surface area contributed by atoms with Gasteiger partial charge in [0.15, 0.2) is 18.0 Å². The second-order valence-electron chi connectivity index (χ2n) is 6.54. The quantitative estimate of drug-likeness (QED) is 0.754. The smallest absolute Gasteiger partial charge is 0.255 e. The standard InChI is InChI=1S/C15H24N2O4/c1-15(2)20-11(13(18)16-7-3-4-8-16)12(21-15)14(19)17-9-5-6-10-17/h11-12H,3-10H2,1-2H3/t11-,12-/m0/s1. The lowest BCUT2D eigenvalue weighted by Crippen LogP contribution is -2.49. The average Bonchev–Trinajstić information content (AvgIpc) is 3.17. The average molecular weight is 296 g/mol. The minimum atomic E-state index is -0.889. The Kier molecular flexibility index (Phi) is 3.92. The summed E-state index contributed by atoms with van der Waals surface area (Å²) in [5.74, 6) is -1.09. The summed E-state index contributed by atoms with van der Waals surface area (Å²) in [6.07, 6.45) is 2.49. The highest BCUT2D eigenvalue weighted by molar-refractivity contribution is 5.91. The van der Waals surface area contributed by atoms with Crippen molar-refractivity contribution in [3.05, 3.63) is 0 Å². The van der Waals surface area contributed by atoms with Crippen LogP contribution >= 0.6 is 0 Å². The predicted octanol–water partition coefficient (Wildman–Crippen LogP) is 0.751. The van der Waals surface area contributed by atoms with Crippen molar-refractivity contribution in [2.75, 3.05) is 26.2 Å². The third-order valence-electron chi connectivity index (χ3n) is 4.42. The van der Waals surface area contributed by atoms with Crippen molar-refractivity contribution < 1.29 is 19.1 Å². The molecule has 118 valence electrons. The van der Waals surface area contributed by atoms with E-state index in [1.165, 1.54) is 0 Å². The number of nitrogens with zero attached hydrogens (tertiary/aromatic N) is 2. The molecule has 3 saturated heterocycles. The van der Waals surface area contributed by atoms with Crippen molar-refractivity contribution in [3.63, 3.8) is 0 Å². The molecule has 3 fully saturated rings. The van der Waals surface area contributed by atoms with Gasteiger partial charge < -0.3 is 19.3 Å². The molecule has 0 saturated carbocycles. The van der Waals surface area contributed by atoms with Gasteiger partial charge in [0, 0.05) is 26.2 Å². The van der Waals surface area contributed by atoms with Gasteiger partial charge in [-0.1, -0.05) is 0 Å². The van der Waals surface area contributed by atoms with Crippen molar-refractivity contribution in [2.24, 2.45) is 0 Å². The van der Waals surface area contributed by atoms with E-state index < -0.39 is 18.0 Å². The Morgan fingerprint density at radius 1 is 0.810 bits per heavy atom. The van der Waals surface area contributed by atoms with Gasteiger partial charge in [-0.25, -0.2) is 0 Å². The van der Waals surface area contributed by atoms with Gasteiger partial charge in [0.25, 0.3) is 11.8 Å². The maximum Gasteiger partial charge on any atom is 0.255 e. The second-order valence-corrected chi connectivity index (χ2v) is 6.54. The molecule has 0 aliphatic carbocycles. The number of ether oxygens (including phenoxy) is 2. The summed E-state index contributed by atoms with van der Waals surface area (Å²) in [7, 11) is 0. The van der Waals surface area contributed by atoms with Gasteiger partial charge in [0.2, 0.25) is 0 Å². The van der Waals surface area contributed by atoms with Crippen LogP contribution in [0.5, 0.6) is 0 Å². The third-order valence-corrected chi connectivity index (χ3v) is 4.42. The Bertz CT molecular complexity index is 387. The number of carbonyl (C=O) groups excluding carboxylic acids is 2. The molecular weight excluding hydrogens is 272 g/mol. The molecular formula is C15H24N2O4. The van der Waals surface area contributed by atoms with Crippen molar-refractivity contribution in [2.45, 2.75) is 57.5 Å². The first-order valence-corrected chi connectivity index (χ1v) is 7.91. The fourth-order valence-corrected chi connectivity index (χ4v) is 3.36. The van der Waals surface area contributed by atoms with Crippen molar-refractivity contribution in [1.29, 1.82) is 0 Å². The van der Waals surface area contributed by atoms with E-state index in [9.17, 15) is 9.59 Å². The molecule has 0 bridgehead atoms. The van der Waals surface area contributed by atoms with Gasteiger partial charge in [-0.15, -0.1) is 0 Å². The lowest BCUT2D eigenvalue weighted by atomic mass is 10.1. The number of hydrogen-bond acceptors (Lipinski definition) is 4. The number of hydrogen-bond donors (Lipinski definition) is 0. The van der Waals surface area contributed by atoms with Crippen LogP contribution in [0.15, 0.2) is 0 Å². The molecule has 3 heterocycles. The Balaban J connectivity index is 1.75. The second kappa shape index (κ2) is 5.57. The highest BCUT2D eigenvalue weighted by atomic mass is 16.8. The lowest BCUT2D eigenvalue weighted by molar-refractivity contribution is -0.164. The molecule has 2 atom stereocenters. The molecule has 0 aromatic heterocycles. The van der Waals surface area contributed by atoms with Gasteiger partial charge in [-0.05, 0) is 39.5 Å². The first-order chi connectivity index (χ1) is 9.98. The van der Waals surface area contributed by atoms with Gasteiger partial charge in [0.1, 0.15) is 0 Å². The third kappa shape index (κ3) is 2.92. The molecule has 0 unspecified atom stereocenters. The van der Waals surface area contributed by atoms with Crippen molar-refractivity contribution in [1.82, 2.24) is 9.80 Å². The van der Waals surface area contributed by atoms with Crippen LogP contribution in [0.3, 0.4) is 0 Å². The van der Waals surface area contributed by atoms with Crippen molar-refractivity contribution in [3.8, 4) is 0 Å². The Labute approximate surface area is 125 Å². The van der Waals surface area contributed by atoms with E-state index in [0.717, 1.165) is 51.9 Å². The molecule has 0 aromatic rings. The number of amides is 2. The molecule has 3 aliphatic heterocycles. The Morgan fingerprint density at radius 3 is 1.48 bits per heavy atom. The summed E-state index contributed by atoms with van der Waals surface area (Å²) in [4.78, 5) is 28.8. The van der Waals surface area contributed by atoms with Crippen molar-refractivity contribution >= 4 is 11.8 Å². The molecule has 21 heavy (non-hydrogen) atoms. The van der Waals surface area contributed by atoms with Gasteiger partial charge in [-0.2, -0.15) is 0 Å². The summed E-state index contributed by atoms with van der Waals surface area (Å²) >= 11 is 0. The van der Waals surface area contributed by atoms with Crippen LogP contribution in [0, 0.1) is 0 Å². The van der Waals surface area contributed by atoms with E-state index >= 15 is 0 Å². The van der Waals surface area contributed by atoms with Crippen LogP contribution in [0.25, 0.3) is 0 Å². The zero-order valence-electron chi connectivity index (χ0n) is 12.8. The maximum absolute atomic E-state index is 12.6. The molecule has 3 aliphatic rings. The van der Waals surface area contributed by atoms with Crippen LogP contribution in [0.1, 0.15) is 39.5 Å². The van der Waals surface area contributed by atoms with Gasteiger partial charge in [-0.3, -0.25) is 9.59 Å². The van der Waals surface area contributed by atoms with E-state index in [-0.39, 0.29) is 11.8 Å². The zero-order valence-corrected chi connectivity index (χ0v) is 12.8. The normalized spacial score (nSPS) is 31.9. The maximum atomic E-state index is 12.6. The molecule has 0 aromatic carbocycles. The molecule has 0 N–H and O–H groups in total. The topological polar surface area (TPSA) is 59.1 Å². The van der Waals surface area contributed by atoms with Crippen LogP contribution in [-0.4, -0.2) is 65.8 Å². The summed E-state index contributed by atoms with van der Waals surface area (Å²) < 4.78 is 11.5. The summed E-state index contributed by atoms with van der Waals surface area (Å²) in [5, 5.41) is 0. The van der Waals surface area contributed by atoms with Crippen LogP contribution in [0.2, 0.25) is 0 Å². The first kappa shape index (κ1) is 14.8. The zero-order chi connectivity index (χ0) is 15.0. The first-order valence-electron chi connectivity index (χ1n) is 7.91. The lowest BCUT2D eigenvalue weighted by Gasteiger charge is -2.24. The fourth-order valence-electron chi connectivity index (χ4n) is 3.36. The highest BCUT2D eigenvalue weighted by Gasteiger charge is 2.51. The number of carbonyl (C=O) groups is 2. The molecule has 0 radical (unpaired) electrons. The van der Waals surface area contributed by atoms with Gasteiger partial charge >= 0.3 is 0 Å². The van der Waals surface area contributed by atoms with Crippen LogP contribution in [0.4, 0.5) is 0 Å². The van der Waals surface area contributed by atoms with Gasteiger partial charge in [0.05, 0.1) is 0 Å². The summed E-state index contributed by atoms with van der Waals surface area (Å²) in [6, 6.07) is 0. The Morgan fingerprint density at radius 2 is 1.14 bits per heavy atom.